The third-order valence-electron chi connectivity index (χ3n) is 7.19. The smallest absolute Gasteiger partial charge is 0.270 e. The number of halogens is 2. The molecular formula is C30H36Br2N4O2. The predicted molar refractivity (Wildman–Crippen MR) is 161 cm³/mol. The van der Waals surface area contributed by atoms with Crippen LogP contribution in [-0.4, -0.2) is 48.4 Å². The fourth-order valence-electron chi connectivity index (χ4n) is 5.13. The molecule has 4 rings (SSSR count). The van der Waals surface area contributed by atoms with Gasteiger partial charge in [0.1, 0.15) is 11.4 Å². The molecule has 0 saturated heterocycles. The number of hydrogen-bond donors (Lipinski definition) is 2. The second-order valence-electron chi connectivity index (χ2n) is 10.1. The number of amides is 2. The molecule has 8 heteroatoms. The molecule has 2 aliphatic carbocycles. The molecule has 0 radical (unpaired) electrons. The summed E-state index contributed by atoms with van der Waals surface area (Å²) in [6, 6.07) is 15.7. The maximum atomic E-state index is 13.2. The average Bonchev–Trinajstić information content (AvgIpc) is 2.93. The van der Waals surface area contributed by atoms with Gasteiger partial charge in [0.25, 0.3) is 11.8 Å². The standard InChI is InChI=1S/C30H36Br2N4O2/c31-23-15-11-21(12-16-23)27(29(37)35-25-7-3-1-4-8-25)33-19-20-34-28(22-13-17-24(32)18-14-22)30(38)36-26-9-5-2-6-10-26/h11-18,25-26H,1-10,19-20H2,(H,35,37)(H,36,38). The molecule has 0 heterocycles. The van der Waals surface area contributed by atoms with E-state index in [0.29, 0.717) is 24.5 Å². The Morgan fingerprint density at radius 1 is 0.605 bits per heavy atom. The van der Waals surface area contributed by atoms with E-state index in [4.69, 9.17) is 0 Å². The van der Waals surface area contributed by atoms with Crippen LogP contribution in [0.4, 0.5) is 0 Å². The van der Waals surface area contributed by atoms with Gasteiger partial charge in [0, 0.05) is 32.2 Å². The zero-order valence-corrected chi connectivity index (χ0v) is 24.9. The Hall–Kier alpha value is -2.32. The van der Waals surface area contributed by atoms with E-state index in [9.17, 15) is 9.59 Å². The summed E-state index contributed by atoms with van der Waals surface area (Å²) in [5, 5.41) is 6.38. The van der Waals surface area contributed by atoms with Gasteiger partial charge in [-0.15, -0.1) is 0 Å². The van der Waals surface area contributed by atoms with Crippen LogP contribution < -0.4 is 10.6 Å². The highest BCUT2D eigenvalue weighted by Crippen LogP contribution is 2.19. The summed E-state index contributed by atoms with van der Waals surface area (Å²) in [5.74, 6) is -0.294. The van der Waals surface area contributed by atoms with Crippen molar-refractivity contribution in [3.8, 4) is 0 Å². The van der Waals surface area contributed by atoms with Crippen molar-refractivity contribution in [2.45, 2.75) is 76.3 Å². The fourth-order valence-corrected chi connectivity index (χ4v) is 5.66. The van der Waals surface area contributed by atoms with Crippen molar-refractivity contribution < 1.29 is 9.59 Å². The lowest BCUT2D eigenvalue weighted by molar-refractivity contribution is -0.116. The van der Waals surface area contributed by atoms with Gasteiger partial charge < -0.3 is 10.6 Å². The van der Waals surface area contributed by atoms with E-state index in [1.807, 2.05) is 48.5 Å². The van der Waals surface area contributed by atoms with Crippen molar-refractivity contribution in [1.29, 1.82) is 0 Å². The summed E-state index contributed by atoms with van der Waals surface area (Å²) in [5.41, 5.74) is 2.37. The zero-order valence-electron chi connectivity index (χ0n) is 21.7. The van der Waals surface area contributed by atoms with Crippen molar-refractivity contribution in [3.05, 3.63) is 68.6 Å². The first-order valence-electron chi connectivity index (χ1n) is 13.7. The Kier molecular flexibility index (Phi) is 11.1. The minimum atomic E-state index is -0.147. The first-order valence-corrected chi connectivity index (χ1v) is 15.3. The van der Waals surface area contributed by atoms with Gasteiger partial charge >= 0.3 is 0 Å². The van der Waals surface area contributed by atoms with Crippen LogP contribution in [0.25, 0.3) is 0 Å². The van der Waals surface area contributed by atoms with E-state index < -0.39 is 0 Å². The lowest BCUT2D eigenvalue weighted by Gasteiger charge is -2.23. The second-order valence-corrected chi connectivity index (χ2v) is 11.9. The number of nitrogens with zero attached hydrogens (tertiary/aromatic N) is 2. The molecular weight excluding hydrogens is 608 g/mol. The van der Waals surface area contributed by atoms with Crippen molar-refractivity contribution in [2.75, 3.05) is 13.1 Å². The van der Waals surface area contributed by atoms with Crippen LogP contribution in [0.5, 0.6) is 0 Å². The Morgan fingerprint density at radius 2 is 0.947 bits per heavy atom. The van der Waals surface area contributed by atoms with Gasteiger partial charge in [-0.25, -0.2) is 0 Å². The molecule has 2 aliphatic rings. The molecule has 6 nitrogen and oxygen atoms in total. The summed E-state index contributed by atoms with van der Waals surface area (Å²) in [7, 11) is 0. The number of carbonyl (C=O) groups excluding carboxylic acids is 2. The van der Waals surface area contributed by atoms with E-state index in [0.717, 1.165) is 71.4 Å². The molecule has 0 spiro atoms. The van der Waals surface area contributed by atoms with Gasteiger partial charge in [-0.2, -0.15) is 0 Å². The maximum absolute atomic E-state index is 13.2. The molecule has 2 N–H and O–H groups in total. The van der Waals surface area contributed by atoms with E-state index >= 15 is 0 Å². The molecule has 0 bridgehead atoms. The third-order valence-corrected chi connectivity index (χ3v) is 8.24. The first kappa shape index (κ1) is 28.7. The Balaban J connectivity index is 1.50. The van der Waals surface area contributed by atoms with Gasteiger partial charge in [-0.1, -0.05) is 94.7 Å². The highest BCUT2D eigenvalue weighted by molar-refractivity contribution is 9.10. The van der Waals surface area contributed by atoms with Crippen LogP contribution in [0, 0.1) is 0 Å². The first-order chi connectivity index (χ1) is 18.5. The topological polar surface area (TPSA) is 82.9 Å². The molecule has 2 amide bonds. The van der Waals surface area contributed by atoms with Crippen molar-refractivity contribution in [3.63, 3.8) is 0 Å². The molecule has 0 unspecified atom stereocenters. The predicted octanol–water partition coefficient (Wildman–Crippen LogP) is 6.39. The zero-order chi connectivity index (χ0) is 26.7. The van der Waals surface area contributed by atoms with E-state index in [1.54, 1.807) is 0 Å². The number of carbonyl (C=O) groups is 2. The normalized spacial score (nSPS) is 17.7. The lowest BCUT2D eigenvalue weighted by Crippen LogP contribution is -2.41. The highest BCUT2D eigenvalue weighted by Gasteiger charge is 2.22. The number of benzene rings is 2. The number of aliphatic imine (C=N–C) groups is 2. The van der Waals surface area contributed by atoms with Crippen LogP contribution in [0.15, 0.2) is 67.5 Å². The molecule has 0 aliphatic heterocycles. The van der Waals surface area contributed by atoms with Crippen molar-refractivity contribution in [2.24, 2.45) is 9.98 Å². The summed E-state index contributed by atoms with van der Waals surface area (Å²) in [6.45, 7) is 0.612. The number of rotatable bonds is 9. The molecule has 2 saturated carbocycles. The van der Waals surface area contributed by atoms with Crippen molar-refractivity contribution in [1.82, 2.24) is 10.6 Å². The molecule has 2 aromatic rings. The van der Waals surface area contributed by atoms with Crippen LogP contribution in [0.3, 0.4) is 0 Å². The SMILES string of the molecule is O=C(NC1CCCCC1)C(=NCCN=C(C(=O)NC1CCCCC1)c1ccc(Br)cc1)c1ccc(Br)cc1. The quantitative estimate of drug-likeness (QED) is 0.245. The van der Waals surface area contributed by atoms with Gasteiger partial charge in [0.2, 0.25) is 0 Å². The lowest BCUT2D eigenvalue weighted by atomic mass is 9.95. The van der Waals surface area contributed by atoms with Crippen LogP contribution in [-0.2, 0) is 9.59 Å². The monoisotopic (exact) mass is 642 g/mol. The van der Waals surface area contributed by atoms with Crippen LogP contribution in [0.2, 0.25) is 0 Å². The van der Waals surface area contributed by atoms with Crippen molar-refractivity contribution >= 4 is 55.1 Å². The van der Waals surface area contributed by atoms with Crippen LogP contribution in [0.1, 0.15) is 75.3 Å². The van der Waals surface area contributed by atoms with Gasteiger partial charge in [-0.3, -0.25) is 19.6 Å². The van der Waals surface area contributed by atoms with Crippen LogP contribution >= 0.6 is 31.9 Å². The minimum absolute atomic E-state index is 0.147. The van der Waals surface area contributed by atoms with Gasteiger partial charge in [0.05, 0.1) is 13.1 Å². The Morgan fingerprint density at radius 3 is 1.29 bits per heavy atom. The average molecular weight is 644 g/mol. The Bertz CT molecular complexity index is 1040. The number of nitrogens with one attached hydrogen (secondary N) is 2. The van der Waals surface area contributed by atoms with E-state index in [2.05, 4.69) is 52.5 Å². The Labute approximate surface area is 242 Å². The summed E-state index contributed by atoms with van der Waals surface area (Å²) >= 11 is 6.94. The third kappa shape index (κ3) is 8.60. The molecule has 0 aromatic heterocycles. The molecule has 2 aromatic carbocycles. The summed E-state index contributed by atoms with van der Waals surface area (Å²) < 4.78 is 1.89. The molecule has 202 valence electrons. The summed E-state index contributed by atoms with van der Waals surface area (Å²) in [4.78, 5) is 35.9. The molecule has 0 atom stereocenters. The highest BCUT2D eigenvalue weighted by atomic mass is 79.9. The largest absolute Gasteiger partial charge is 0.348 e. The molecule has 38 heavy (non-hydrogen) atoms. The number of hydrogen-bond acceptors (Lipinski definition) is 4. The van der Waals surface area contributed by atoms with Gasteiger partial charge in [-0.05, 0) is 49.9 Å². The summed E-state index contributed by atoms with van der Waals surface area (Å²) in [6.07, 6.45) is 11.1. The molecule has 2 fully saturated rings. The second kappa shape index (κ2) is 14.7. The maximum Gasteiger partial charge on any atom is 0.270 e. The van der Waals surface area contributed by atoms with E-state index in [-0.39, 0.29) is 23.9 Å². The van der Waals surface area contributed by atoms with E-state index in [1.165, 1.54) is 12.8 Å². The fraction of sp³-hybridized carbons (Fsp3) is 0.467. The van der Waals surface area contributed by atoms with Gasteiger partial charge in [0.15, 0.2) is 0 Å². The minimum Gasteiger partial charge on any atom is -0.348 e.